The van der Waals surface area contributed by atoms with Gasteiger partial charge in [0.05, 0.1) is 0 Å². The molecule has 0 fully saturated rings. The Labute approximate surface area is 132 Å². The lowest BCUT2D eigenvalue weighted by molar-refractivity contribution is -0.129. The molecule has 1 aliphatic heterocycles. The van der Waals surface area contributed by atoms with E-state index in [4.69, 9.17) is 16.3 Å². The second-order valence-corrected chi connectivity index (χ2v) is 6.31. The minimum absolute atomic E-state index is 0.296. The zero-order valence-electron chi connectivity index (χ0n) is 9.97. The number of hydrogen-bond acceptors (Lipinski definition) is 4. The van der Waals surface area contributed by atoms with Gasteiger partial charge in [0.2, 0.25) is 5.90 Å². The minimum Gasteiger partial charge on any atom is -0.402 e. The van der Waals surface area contributed by atoms with Gasteiger partial charge in [0.1, 0.15) is 0 Å². The first-order chi connectivity index (χ1) is 9.61. The average molecular weight is 369 g/mol. The molecule has 100 valence electrons. The molecular formula is C14H7BrClNO2S. The molecule has 6 heteroatoms. The Hall–Kier alpha value is -1.43. The van der Waals surface area contributed by atoms with Crippen molar-refractivity contribution in [1.82, 2.24) is 0 Å². The van der Waals surface area contributed by atoms with Crippen molar-refractivity contribution in [2.75, 3.05) is 0 Å². The van der Waals surface area contributed by atoms with Crippen LogP contribution in [-0.4, -0.2) is 11.9 Å². The molecule has 0 atom stereocenters. The number of esters is 1. The van der Waals surface area contributed by atoms with E-state index in [1.807, 2.05) is 11.4 Å². The van der Waals surface area contributed by atoms with Crippen molar-refractivity contribution in [3.05, 3.63) is 61.3 Å². The maximum Gasteiger partial charge on any atom is 0.363 e. The Bertz CT molecular complexity index is 734. The molecule has 1 aromatic carbocycles. The number of cyclic esters (lactones) is 1. The highest BCUT2D eigenvalue weighted by molar-refractivity contribution is 9.10. The molecule has 0 N–H and O–H groups in total. The van der Waals surface area contributed by atoms with Crippen molar-refractivity contribution >= 4 is 56.8 Å². The van der Waals surface area contributed by atoms with E-state index < -0.39 is 5.97 Å². The topological polar surface area (TPSA) is 38.7 Å². The monoisotopic (exact) mass is 367 g/mol. The van der Waals surface area contributed by atoms with Crippen molar-refractivity contribution in [1.29, 1.82) is 0 Å². The first-order valence-corrected chi connectivity index (χ1v) is 7.69. The molecule has 1 aromatic heterocycles. The fourth-order valence-corrected chi connectivity index (χ4v) is 3.16. The van der Waals surface area contributed by atoms with Crippen molar-refractivity contribution in [3.63, 3.8) is 0 Å². The summed E-state index contributed by atoms with van der Waals surface area (Å²) >= 11 is 10.7. The fraction of sp³-hybridized carbons (Fsp3) is 0. The van der Waals surface area contributed by atoms with E-state index in [1.54, 1.807) is 30.3 Å². The smallest absolute Gasteiger partial charge is 0.363 e. The van der Waals surface area contributed by atoms with Gasteiger partial charge in [0.15, 0.2) is 5.70 Å². The van der Waals surface area contributed by atoms with E-state index in [2.05, 4.69) is 20.9 Å². The van der Waals surface area contributed by atoms with Gasteiger partial charge in [0, 0.05) is 25.3 Å². The minimum atomic E-state index is -0.445. The quantitative estimate of drug-likeness (QED) is 0.578. The lowest BCUT2D eigenvalue weighted by Gasteiger charge is -1.98. The molecule has 0 saturated heterocycles. The number of aliphatic imine (C=N–C) groups is 1. The number of nitrogens with zero attached hydrogens (tertiary/aromatic N) is 1. The highest BCUT2D eigenvalue weighted by Crippen LogP contribution is 2.25. The molecule has 3 nitrogen and oxygen atoms in total. The number of hydrogen-bond donors (Lipinski definition) is 0. The third-order valence-electron chi connectivity index (χ3n) is 2.58. The lowest BCUT2D eigenvalue weighted by Crippen LogP contribution is -2.04. The van der Waals surface area contributed by atoms with Crippen LogP contribution >= 0.6 is 38.9 Å². The molecule has 1 aliphatic rings. The Balaban J connectivity index is 1.92. The van der Waals surface area contributed by atoms with Crippen molar-refractivity contribution in [2.24, 2.45) is 4.99 Å². The number of halogens is 2. The van der Waals surface area contributed by atoms with Crippen LogP contribution in [0.2, 0.25) is 5.02 Å². The van der Waals surface area contributed by atoms with Gasteiger partial charge < -0.3 is 4.74 Å². The zero-order chi connectivity index (χ0) is 14.1. The van der Waals surface area contributed by atoms with Crippen molar-refractivity contribution < 1.29 is 9.53 Å². The normalized spacial score (nSPS) is 16.4. The number of carbonyl (C=O) groups is 1. The van der Waals surface area contributed by atoms with Gasteiger partial charge in [-0.1, -0.05) is 11.6 Å². The summed E-state index contributed by atoms with van der Waals surface area (Å²) in [4.78, 5) is 17.0. The molecule has 0 bridgehead atoms. The Morgan fingerprint density at radius 1 is 1.30 bits per heavy atom. The summed E-state index contributed by atoms with van der Waals surface area (Å²) < 4.78 is 6.15. The maximum absolute atomic E-state index is 11.8. The predicted molar refractivity (Wildman–Crippen MR) is 84.1 cm³/mol. The van der Waals surface area contributed by atoms with Crippen LogP contribution in [0.1, 0.15) is 10.4 Å². The molecular weight excluding hydrogens is 362 g/mol. The number of rotatable bonds is 2. The van der Waals surface area contributed by atoms with Gasteiger partial charge in [-0.3, -0.25) is 0 Å². The van der Waals surface area contributed by atoms with Crippen LogP contribution in [0.25, 0.3) is 6.08 Å². The second-order valence-electron chi connectivity index (χ2n) is 4.01. The van der Waals surface area contributed by atoms with Crippen LogP contribution in [-0.2, 0) is 9.53 Å². The summed E-state index contributed by atoms with van der Waals surface area (Å²) in [6.45, 7) is 0. The summed E-state index contributed by atoms with van der Waals surface area (Å²) in [5, 5.41) is 2.56. The van der Waals surface area contributed by atoms with E-state index in [1.165, 1.54) is 11.3 Å². The summed E-state index contributed by atoms with van der Waals surface area (Å²) in [7, 11) is 0. The molecule has 0 aliphatic carbocycles. The predicted octanol–water partition coefficient (Wildman–Crippen LogP) is 4.51. The third kappa shape index (κ3) is 2.85. The summed E-state index contributed by atoms with van der Waals surface area (Å²) in [6.07, 6.45) is 1.71. The molecule has 0 radical (unpaired) electrons. The molecule has 0 saturated carbocycles. The first kappa shape index (κ1) is 13.5. The molecule has 20 heavy (non-hydrogen) atoms. The van der Waals surface area contributed by atoms with E-state index in [9.17, 15) is 4.79 Å². The Morgan fingerprint density at radius 3 is 2.70 bits per heavy atom. The highest BCUT2D eigenvalue weighted by atomic mass is 79.9. The molecule has 3 rings (SSSR count). The van der Waals surface area contributed by atoms with Crippen LogP contribution in [0.5, 0.6) is 0 Å². The maximum atomic E-state index is 11.8. The zero-order valence-corrected chi connectivity index (χ0v) is 13.1. The summed E-state index contributed by atoms with van der Waals surface area (Å²) in [5.41, 5.74) is 1.02. The lowest BCUT2D eigenvalue weighted by atomic mass is 10.2. The number of carbonyl (C=O) groups excluding carboxylic acids is 1. The van der Waals surface area contributed by atoms with Crippen LogP contribution in [0.15, 0.2) is 50.9 Å². The van der Waals surface area contributed by atoms with Gasteiger partial charge in [0.25, 0.3) is 0 Å². The largest absolute Gasteiger partial charge is 0.402 e. The standard InChI is InChI=1S/C14H7BrClNO2S/c15-9-5-11(20-7-9)6-12-14(18)19-13(17-12)8-1-3-10(16)4-2-8/h1-7H. The van der Waals surface area contributed by atoms with Gasteiger partial charge in [-0.25, -0.2) is 9.79 Å². The van der Waals surface area contributed by atoms with E-state index in [0.29, 0.717) is 16.6 Å². The summed E-state index contributed by atoms with van der Waals surface area (Å²) in [5.74, 6) is -0.145. The van der Waals surface area contributed by atoms with Crippen molar-refractivity contribution in [3.8, 4) is 0 Å². The number of thiophene rings is 1. The molecule has 0 amide bonds. The van der Waals surface area contributed by atoms with E-state index in [0.717, 1.165) is 14.9 Å². The van der Waals surface area contributed by atoms with Crippen molar-refractivity contribution in [2.45, 2.75) is 0 Å². The highest BCUT2D eigenvalue weighted by Gasteiger charge is 2.24. The average Bonchev–Trinajstić information content (AvgIpc) is 2.98. The van der Waals surface area contributed by atoms with Crippen LogP contribution < -0.4 is 0 Å². The van der Waals surface area contributed by atoms with Crippen LogP contribution in [0, 0.1) is 0 Å². The first-order valence-electron chi connectivity index (χ1n) is 5.64. The Kier molecular flexibility index (Phi) is 3.74. The van der Waals surface area contributed by atoms with Gasteiger partial charge in [-0.05, 0) is 52.3 Å². The fourth-order valence-electron chi connectivity index (χ4n) is 1.66. The van der Waals surface area contributed by atoms with Crippen LogP contribution in [0.4, 0.5) is 0 Å². The number of benzene rings is 1. The van der Waals surface area contributed by atoms with Crippen LogP contribution in [0.3, 0.4) is 0 Å². The van der Waals surface area contributed by atoms with E-state index in [-0.39, 0.29) is 0 Å². The second kappa shape index (κ2) is 5.52. The van der Waals surface area contributed by atoms with Gasteiger partial charge >= 0.3 is 5.97 Å². The summed E-state index contributed by atoms with van der Waals surface area (Å²) in [6, 6.07) is 8.90. The molecule has 0 spiro atoms. The van der Waals surface area contributed by atoms with E-state index >= 15 is 0 Å². The van der Waals surface area contributed by atoms with Gasteiger partial charge in [-0.2, -0.15) is 0 Å². The molecule has 2 aromatic rings. The Morgan fingerprint density at radius 2 is 2.05 bits per heavy atom. The molecule has 2 heterocycles. The molecule has 0 unspecified atom stereocenters. The number of ether oxygens (including phenoxy) is 1. The SMILES string of the molecule is O=C1OC(c2ccc(Cl)cc2)=NC1=Cc1cc(Br)cs1. The third-order valence-corrected chi connectivity index (χ3v) is 4.47. The van der Waals surface area contributed by atoms with Gasteiger partial charge in [-0.15, -0.1) is 11.3 Å².